The van der Waals surface area contributed by atoms with Crippen molar-refractivity contribution < 1.29 is 8.83 Å². The van der Waals surface area contributed by atoms with Crippen molar-refractivity contribution >= 4 is 109 Å². The molecule has 22 aromatic rings. The summed E-state index contributed by atoms with van der Waals surface area (Å²) in [7, 11) is 0. The van der Waals surface area contributed by atoms with Gasteiger partial charge in [-0.3, -0.25) is 0 Å². The summed E-state index contributed by atoms with van der Waals surface area (Å²) in [5.74, 6) is 0. The van der Waals surface area contributed by atoms with E-state index in [-0.39, 0.29) is 10.8 Å². The monoisotopic (exact) mass is 1480 g/mol. The van der Waals surface area contributed by atoms with Gasteiger partial charge in [0.1, 0.15) is 22.3 Å². The van der Waals surface area contributed by atoms with E-state index in [9.17, 15) is 0 Å². The molecule has 0 N–H and O–H groups in total. The lowest BCUT2D eigenvalue weighted by molar-refractivity contribution is 0.661. The molecule has 0 saturated carbocycles. The molecule has 2 aliphatic rings. The van der Waals surface area contributed by atoms with Crippen molar-refractivity contribution in [2.45, 2.75) is 38.5 Å². The Labute approximate surface area is 673 Å². The molecule has 0 spiro atoms. The molecule has 24 rings (SSSR count). The molecular weight excluding hydrogens is 1400 g/mol. The third kappa shape index (κ3) is 10.4. The zero-order valence-corrected chi connectivity index (χ0v) is 64.8. The molecule has 0 bridgehead atoms. The first-order valence-corrected chi connectivity index (χ1v) is 40.5. The number of benzene rings is 20. The molecule has 0 fully saturated rings. The molecule has 2 aliphatic carbocycles. The van der Waals surface area contributed by atoms with Gasteiger partial charge in [0.15, 0.2) is 0 Å². The van der Waals surface area contributed by atoms with Crippen LogP contribution in [0, 0.1) is 0 Å². The van der Waals surface area contributed by atoms with Gasteiger partial charge >= 0.3 is 0 Å². The lowest BCUT2D eigenvalue weighted by Gasteiger charge is -2.21. The van der Waals surface area contributed by atoms with Gasteiger partial charge in [-0.25, -0.2) is 0 Å². The average molecular weight is 1480 g/mol. The van der Waals surface area contributed by atoms with E-state index in [0.717, 1.165) is 43.9 Å². The summed E-state index contributed by atoms with van der Waals surface area (Å²) >= 11 is 0. The van der Waals surface area contributed by atoms with Gasteiger partial charge in [-0.2, -0.15) is 0 Å². The van der Waals surface area contributed by atoms with Crippen molar-refractivity contribution in [3.8, 4) is 111 Å². The number of rotatable bonds is 8. The molecule has 0 saturated heterocycles. The van der Waals surface area contributed by atoms with E-state index in [4.69, 9.17) is 8.83 Å². The fraction of sp³-hybridized carbons (Fsp3) is 0.0526. The second-order valence-electron chi connectivity index (χ2n) is 32.8. The summed E-state index contributed by atoms with van der Waals surface area (Å²) in [5, 5.41) is 19.8. The molecule has 116 heavy (non-hydrogen) atoms. The molecular formula is C114H76O2. The van der Waals surface area contributed by atoms with Crippen LogP contribution >= 0.6 is 0 Å². The molecule has 2 nitrogen and oxygen atoms in total. The van der Waals surface area contributed by atoms with Gasteiger partial charge in [0.25, 0.3) is 0 Å². The highest BCUT2D eigenvalue weighted by Gasteiger charge is 2.38. The van der Waals surface area contributed by atoms with Gasteiger partial charge in [0, 0.05) is 32.4 Å². The van der Waals surface area contributed by atoms with Crippen LogP contribution in [0.1, 0.15) is 49.9 Å². The van der Waals surface area contributed by atoms with E-state index in [1.807, 2.05) is 24.3 Å². The summed E-state index contributed by atoms with van der Waals surface area (Å²) in [6, 6.07) is 143. The summed E-state index contributed by atoms with van der Waals surface area (Å²) in [6.45, 7) is 9.45. The van der Waals surface area contributed by atoms with Crippen LogP contribution in [-0.4, -0.2) is 0 Å². The lowest BCUT2D eigenvalue weighted by Crippen LogP contribution is -2.14. The molecule has 20 aromatic carbocycles. The Morgan fingerprint density at radius 2 is 0.422 bits per heavy atom. The van der Waals surface area contributed by atoms with Gasteiger partial charge in [-0.1, -0.05) is 367 Å². The van der Waals surface area contributed by atoms with Gasteiger partial charge in [-0.05, 0) is 247 Å². The molecule has 0 radical (unpaired) electrons. The van der Waals surface area contributed by atoms with Crippen molar-refractivity contribution in [2.24, 2.45) is 0 Å². The molecule has 2 heteroatoms. The van der Waals surface area contributed by atoms with E-state index in [1.165, 1.54) is 198 Å². The maximum Gasteiger partial charge on any atom is 0.135 e. The minimum absolute atomic E-state index is 0.0430. The van der Waals surface area contributed by atoms with E-state index < -0.39 is 0 Å². The largest absolute Gasteiger partial charge is 0.456 e. The van der Waals surface area contributed by atoms with Crippen molar-refractivity contribution in [2.75, 3.05) is 0 Å². The lowest BCUT2D eigenvalue weighted by atomic mass is 9.81. The zero-order chi connectivity index (χ0) is 77.1. The zero-order valence-electron chi connectivity index (χ0n) is 64.8. The second-order valence-corrected chi connectivity index (χ2v) is 32.8. The quantitative estimate of drug-likeness (QED) is 0.142. The topological polar surface area (TPSA) is 26.3 Å². The molecule has 0 unspecified atom stereocenters. The number of hydrogen-bond acceptors (Lipinski definition) is 2. The fourth-order valence-corrected chi connectivity index (χ4v) is 20.1. The Hall–Kier alpha value is -14.4. The predicted octanol–water partition coefficient (Wildman–Crippen LogP) is 32.0. The van der Waals surface area contributed by atoms with E-state index in [0.29, 0.717) is 0 Å². The maximum atomic E-state index is 6.21. The molecule has 2 aromatic heterocycles. The van der Waals surface area contributed by atoms with Crippen LogP contribution in [0.4, 0.5) is 0 Å². The standard InChI is InChI=1S/2C57H38O/c1-57(2)50-30-28-40(34-49(50)56-42-12-4-3-11-37(42)27-31-51(56)57)35-19-23-38(24-20-35)54-44-14-5-7-16-46(44)55(47-17-8-6-15-45(47)54)39-25-21-36(22-26-39)41-29-32-53-48(33-41)43-13-9-10-18-52(43)58-53;1-57(2)50-30-28-38(33-49(50)56-41-15-4-3-13-36(41)27-31-51(56)57)35-23-25-37(26-24-35)54-44-18-7-9-20-46(44)55(47-21-10-8-19-45(47)54)43-17-6-5-14-40(43)39-29-32-53-48(34-39)42-16-11-12-22-52(42)58-53/h2*3-34H,1-2H3. The third-order valence-corrected chi connectivity index (χ3v) is 25.8. The van der Waals surface area contributed by atoms with Gasteiger partial charge < -0.3 is 8.83 Å². The Morgan fingerprint density at radius 3 is 0.819 bits per heavy atom. The van der Waals surface area contributed by atoms with Gasteiger partial charge in [0.2, 0.25) is 0 Å². The summed E-state index contributed by atoms with van der Waals surface area (Å²) in [6.07, 6.45) is 0. The van der Waals surface area contributed by atoms with Crippen molar-refractivity contribution in [3.63, 3.8) is 0 Å². The van der Waals surface area contributed by atoms with Crippen LogP contribution in [0.5, 0.6) is 0 Å². The van der Waals surface area contributed by atoms with Crippen molar-refractivity contribution in [3.05, 3.63) is 411 Å². The first-order valence-electron chi connectivity index (χ1n) is 40.5. The van der Waals surface area contributed by atoms with Crippen LogP contribution in [-0.2, 0) is 10.8 Å². The number of furan rings is 2. The van der Waals surface area contributed by atoms with Crippen molar-refractivity contribution in [1.82, 2.24) is 0 Å². The number of fused-ring (bicyclic) bond motifs is 20. The predicted molar refractivity (Wildman–Crippen MR) is 491 cm³/mol. The fourth-order valence-electron chi connectivity index (χ4n) is 20.1. The maximum absolute atomic E-state index is 6.21. The molecule has 0 aliphatic heterocycles. The Morgan fingerprint density at radius 1 is 0.155 bits per heavy atom. The smallest absolute Gasteiger partial charge is 0.135 e. The average Bonchev–Trinajstić information content (AvgIpc) is 1.25. The summed E-state index contributed by atoms with van der Waals surface area (Å²) in [5.41, 5.74) is 34.3. The SMILES string of the molecule is CC1(C)c2ccc(-c3ccc(-c4c5ccccc5c(-c5ccc(-c6ccc7oc8ccccc8c7c6)cc5)c5ccccc45)cc3)cc2-c2c1ccc1ccccc21.CC1(C)c2ccc(-c3ccc(-c4c5ccccc5c(-c5ccccc5-c5ccc6oc7ccccc7c6c5)c5ccccc45)cc3)cc2-c2c1ccc1ccccc21. The third-order valence-electron chi connectivity index (χ3n) is 25.8. The normalized spacial score (nSPS) is 13.1. The van der Waals surface area contributed by atoms with E-state index in [2.05, 4.69) is 392 Å². The highest BCUT2D eigenvalue weighted by molar-refractivity contribution is 6.24. The molecule has 2 heterocycles. The minimum Gasteiger partial charge on any atom is -0.456 e. The molecule has 0 amide bonds. The highest BCUT2D eigenvalue weighted by atomic mass is 16.3. The van der Waals surface area contributed by atoms with Crippen LogP contribution in [0.3, 0.4) is 0 Å². The highest BCUT2D eigenvalue weighted by Crippen LogP contribution is 2.56. The Bertz CT molecular complexity index is 7740. The second kappa shape index (κ2) is 26.1. The van der Waals surface area contributed by atoms with E-state index in [1.54, 1.807) is 0 Å². The first-order chi connectivity index (χ1) is 57.0. The van der Waals surface area contributed by atoms with Crippen LogP contribution < -0.4 is 0 Å². The molecule has 0 atom stereocenters. The molecule has 544 valence electrons. The van der Waals surface area contributed by atoms with Gasteiger partial charge in [-0.15, -0.1) is 0 Å². The van der Waals surface area contributed by atoms with E-state index >= 15 is 0 Å². The Kier molecular flexibility index (Phi) is 15.1. The number of hydrogen-bond donors (Lipinski definition) is 0. The van der Waals surface area contributed by atoms with Crippen LogP contribution in [0.2, 0.25) is 0 Å². The van der Waals surface area contributed by atoms with Gasteiger partial charge in [0.05, 0.1) is 0 Å². The van der Waals surface area contributed by atoms with Crippen LogP contribution in [0.25, 0.3) is 220 Å². The minimum atomic E-state index is -0.0474. The van der Waals surface area contributed by atoms with Crippen molar-refractivity contribution in [1.29, 1.82) is 0 Å². The summed E-state index contributed by atoms with van der Waals surface area (Å²) in [4.78, 5) is 0. The first kappa shape index (κ1) is 67.3. The van der Waals surface area contributed by atoms with Crippen LogP contribution in [0.15, 0.2) is 397 Å². The Balaban J connectivity index is 0.000000137. The number of para-hydroxylation sites is 2. The summed E-state index contributed by atoms with van der Waals surface area (Å²) < 4.78 is 12.3.